The molecular formula is C25H24FNO4. The smallest absolute Gasteiger partial charge is 0.336 e. The third-order valence-corrected chi connectivity index (χ3v) is 6.00. The fraction of sp³-hybridized carbons (Fsp3) is 0.280. The summed E-state index contributed by atoms with van der Waals surface area (Å²) in [4.78, 5) is 26.0. The molecule has 6 heteroatoms. The molecule has 0 amide bonds. The maximum atomic E-state index is 14.0. The highest BCUT2D eigenvalue weighted by atomic mass is 19.1. The van der Waals surface area contributed by atoms with Gasteiger partial charge in [0.1, 0.15) is 11.6 Å². The molecule has 5 nitrogen and oxygen atoms in total. The van der Waals surface area contributed by atoms with Crippen molar-refractivity contribution in [3.05, 3.63) is 88.0 Å². The van der Waals surface area contributed by atoms with Gasteiger partial charge in [-0.15, -0.1) is 0 Å². The van der Waals surface area contributed by atoms with E-state index < -0.39 is 17.7 Å². The predicted octanol–water partition coefficient (Wildman–Crippen LogP) is 4.37. The molecule has 4 rings (SSSR count). The van der Waals surface area contributed by atoms with Crippen LogP contribution in [-0.4, -0.2) is 26.0 Å². The molecule has 0 spiro atoms. The summed E-state index contributed by atoms with van der Waals surface area (Å²) in [6, 6.07) is 13.8. The van der Waals surface area contributed by atoms with Crippen LogP contribution < -0.4 is 10.1 Å². The van der Waals surface area contributed by atoms with Crippen molar-refractivity contribution < 1.29 is 23.5 Å². The van der Waals surface area contributed by atoms with Crippen molar-refractivity contribution in [3.8, 4) is 5.75 Å². The number of halogens is 1. The van der Waals surface area contributed by atoms with Gasteiger partial charge in [0, 0.05) is 29.3 Å². The minimum Gasteiger partial charge on any atom is -0.497 e. The summed E-state index contributed by atoms with van der Waals surface area (Å²) < 4.78 is 24.3. The quantitative estimate of drug-likeness (QED) is 0.743. The number of carbonyl (C=O) groups is 2. The van der Waals surface area contributed by atoms with Crippen LogP contribution in [0.15, 0.2) is 71.1 Å². The number of rotatable bonds is 4. The largest absolute Gasteiger partial charge is 0.497 e. The number of carbonyl (C=O) groups excluding carboxylic acids is 2. The third-order valence-electron chi connectivity index (χ3n) is 6.00. The predicted molar refractivity (Wildman–Crippen MR) is 114 cm³/mol. The van der Waals surface area contributed by atoms with E-state index in [4.69, 9.17) is 9.47 Å². The third kappa shape index (κ3) is 3.85. The molecule has 160 valence electrons. The minimum atomic E-state index is -0.663. The molecule has 31 heavy (non-hydrogen) atoms. The normalized spacial score (nSPS) is 20.8. The Morgan fingerprint density at radius 3 is 2.45 bits per heavy atom. The molecule has 0 aromatic heterocycles. The molecule has 2 aliphatic rings. The molecule has 1 aliphatic carbocycles. The van der Waals surface area contributed by atoms with Gasteiger partial charge in [-0.3, -0.25) is 4.79 Å². The fourth-order valence-electron chi connectivity index (χ4n) is 4.55. The summed E-state index contributed by atoms with van der Waals surface area (Å²) in [5.74, 6) is -0.906. The lowest BCUT2D eigenvalue weighted by molar-refractivity contribution is -0.136. The molecule has 0 saturated carbocycles. The van der Waals surface area contributed by atoms with E-state index in [9.17, 15) is 14.0 Å². The molecule has 0 radical (unpaired) electrons. The maximum absolute atomic E-state index is 14.0. The van der Waals surface area contributed by atoms with Gasteiger partial charge in [0.15, 0.2) is 5.78 Å². The Kier molecular flexibility index (Phi) is 5.63. The standard InChI is InChI=1S/C25H24FNO4/c1-14-22(25(29)31-3)23(16-5-4-6-18(26)11-16)24-20(27-14)12-17(13-21(24)28)15-7-9-19(30-2)10-8-15/h4-11,17,23,27H,12-13H2,1-3H3. The lowest BCUT2D eigenvalue weighted by atomic mass is 9.71. The number of ether oxygens (including phenoxy) is 2. The highest BCUT2D eigenvalue weighted by Gasteiger charge is 2.41. The van der Waals surface area contributed by atoms with Crippen molar-refractivity contribution in [1.82, 2.24) is 5.32 Å². The maximum Gasteiger partial charge on any atom is 0.336 e. The zero-order valence-corrected chi connectivity index (χ0v) is 17.7. The van der Waals surface area contributed by atoms with Gasteiger partial charge >= 0.3 is 5.97 Å². The van der Waals surface area contributed by atoms with Gasteiger partial charge in [-0.2, -0.15) is 0 Å². The van der Waals surface area contributed by atoms with Crippen molar-refractivity contribution in [3.63, 3.8) is 0 Å². The van der Waals surface area contributed by atoms with Crippen molar-refractivity contribution in [2.75, 3.05) is 14.2 Å². The SMILES string of the molecule is COC(=O)C1=C(C)NC2=C(C(=O)CC(c3ccc(OC)cc3)C2)C1c1cccc(F)c1. The minimum absolute atomic E-state index is 0.00490. The van der Waals surface area contributed by atoms with Crippen LogP contribution in [0.1, 0.15) is 42.7 Å². The van der Waals surface area contributed by atoms with Crippen LogP contribution in [0, 0.1) is 5.82 Å². The first kappa shape index (κ1) is 20.8. The number of ketones is 1. The Morgan fingerprint density at radius 1 is 1.06 bits per heavy atom. The lowest BCUT2D eigenvalue weighted by Gasteiger charge is -2.36. The van der Waals surface area contributed by atoms with Gasteiger partial charge in [-0.05, 0) is 54.7 Å². The number of allylic oxidation sites excluding steroid dienone is 3. The molecule has 2 unspecified atom stereocenters. The highest BCUT2D eigenvalue weighted by molar-refractivity contribution is 6.04. The highest BCUT2D eigenvalue weighted by Crippen LogP contribution is 2.45. The van der Waals surface area contributed by atoms with Crippen LogP contribution in [0.3, 0.4) is 0 Å². The second-order valence-corrected chi connectivity index (χ2v) is 7.84. The van der Waals surface area contributed by atoms with E-state index in [0.717, 1.165) is 17.0 Å². The van der Waals surface area contributed by atoms with E-state index in [1.807, 2.05) is 24.3 Å². The van der Waals surface area contributed by atoms with Crippen LogP contribution in [0.2, 0.25) is 0 Å². The van der Waals surface area contributed by atoms with Crippen LogP contribution in [0.5, 0.6) is 5.75 Å². The molecule has 1 N–H and O–H groups in total. The summed E-state index contributed by atoms with van der Waals surface area (Å²) in [6.45, 7) is 1.78. The fourth-order valence-corrected chi connectivity index (χ4v) is 4.55. The average Bonchev–Trinajstić information content (AvgIpc) is 2.77. The van der Waals surface area contributed by atoms with Gasteiger partial charge in [0.2, 0.25) is 0 Å². The molecule has 2 atom stereocenters. The van der Waals surface area contributed by atoms with Gasteiger partial charge in [-0.1, -0.05) is 24.3 Å². The number of Topliss-reactive ketones (excluding diaryl/α,β-unsaturated/α-hetero) is 1. The van der Waals surface area contributed by atoms with E-state index in [0.29, 0.717) is 35.2 Å². The Balaban J connectivity index is 1.78. The van der Waals surface area contributed by atoms with Crippen molar-refractivity contribution in [1.29, 1.82) is 0 Å². The number of hydrogen-bond donors (Lipinski definition) is 1. The molecule has 0 fully saturated rings. The topological polar surface area (TPSA) is 64.6 Å². The Morgan fingerprint density at radius 2 is 1.81 bits per heavy atom. The van der Waals surface area contributed by atoms with E-state index >= 15 is 0 Å². The number of esters is 1. The van der Waals surface area contributed by atoms with E-state index in [1.54, 1.807) is 26.2 Å². The summed E-state index contributed by atoms with van der Waals surface area (Å²) in [6.07, 6.45) is 0.928. The van der Waals surface area contributed by atoms with Crippen molar-refractivity contribution in [2.45, 2.75) is 31.6 Å². The summed E-state index contributed by atoms with van der Waals surface area (Å²) >= 11 is 0. The van der Waals surface area contributed by atoms with Crippen LogP contribution in [-0.2, 0) is 14.3 Å². The van der Waals surface area contributed by atoms with Crippen LogP contribution in [0.4, 0.5) is 4.39 Å². The number of hydrogen-bond acceptors (Lipinski definition) is 5. The monoisotopic (exact) mass is 421 g/mol. The summed E-state index contributed by atoms with van der Waals surface area (Å²) in [7, 11) is 2.92. The van der Waals surface area contributed by atoms with E-state index in [2.05, 4.69) is 5.32 Å². The van der Waals surface area contributed by atoms with Crippen LogP contribution in [0.25, 0.3) is 0 Å². The lowest BCUT2D eigenvalue weighted by Crippen LogP contribution is -2.36. The number of benzene rings is 2. The van der Waals surface area contributed by atoms with Crippen molar-refractivity contribution >= 4 is 11.8 Å². The Hall–Kier alpha value is -3.41. The second-order valence-electron chi connectivity index (χ2n) is 7.84. The van der Waals surface area contributed by atoms with Gasteiger partial charge in [0.05, 0.1) is 19.8 Å². The van der Waals surface area contributed by atoms with Gasteiger partial charge in [0.25, 0.3) is 0 Å². The summed E-state index contributed by atoms with van der Waals surface area (Å²) in [5.41, 5.74) is 3.85. The van der Waals surface area contributed by atoms with E-state index in [-0.39, 0.29) is 11.7 Å². The molecule has 0 bridgehead atoms. The number of methoxy groups -OCH3 is 2. The van der Waals surface area contributed by atoms with Crippen LogP contribution >= 0.6 is 0 Å². The Labute approximate surface area is 180 Å². The van der Waals surface area contributed by atoms with Gasteiger partial charge in [-0.25, -0.2) is 9.18 Å². The zero-order chi connectivity index (χ0) is 22.1. The first-order valence-corrected chi connectivity index (χ1v) is 10.1. The molecule has 0 saturated heterocycles. The Bertz CT molecular complexity index is 1100. The first-order valence-electron chi connectivity index (χ1n) is 10.1. The molecule has 1 aliphatic heterocycles. The zero-order valence-electron chi connectivity index (χ0n) is 17.7. The van der Waals surface area contributed by atoms with Crippen molar-refractivity contribution in [2.24, 2.45) is 0 Å². The molecule has 1 heterocycles. The second kappa shape index (κ2) is 8.38. The molecular weight excluding hydrogens is 397 g/mol. The number of nitrogens with one attached hydrogen (secondary N) is 1. The number of dihydropyridines is 1. The molecule has 2 aromatic carbocycles. The van der Waals surface area contributed by atoms with E-state index in [1.165, 1.54) is 19.2 Å². The molecule has 2 aromatic rings. The first-order chi connectivity index (χ1) is 14.9. The summed E-state index contributed by atoms with van der Waals surface area (Å²) in [5, 5.41) is 3.27. The average molecular weight is 421 g/mol. The van der Waals surface area contributed by atoms with Gasteiger partial charge < -0.3 is 14.8 Å².